The number of rotatable bonds is 9. The summed E-state index contributed by atoms with van der Waals surface area (Å²) in [6.45, 7) is 0.511. The van der Waals surface area contributed by atoms with E-state index in [-0.39, 0.29) is 24.3 Å². The van der Waals surface area contributed by atoms with Gasteiger partial charge in [-0.3, -0.25) is 14.4 Å². The van der Waals surface area contributed by atoms with Crippen molar-refractivity contribution in [2.45, 2.75) is 44.9 Å². The zero-order chi connectivity index (χ0) is 18.1. The average Bonchev–Trinajstić information content (AvgIpc) is 2.62. The molecule has 2 rings (SSSR count). The van der Waals surface area contributed by atoms with Crippen LogP contribution in [0.3, 0.4) is 0 Å². The van der Waals surface area contributed by atoms with Crippen LogP contribution in [0.15, 0.2) is 18.2 Å². The second-order valence-electron chi connectivity index (χ2n) is 6.12. The Morgan fingerprint density at radius 1 is 1.16 bits per heavy atom. The van der Waals surface area contributed by atoms with Crippen molar-refractivity contribution in [1.29, 1.82) is 0 Å². The third-order valence-corrected chi connectivity index (χ3v) is 4.20. The molecule has 1 N–H and O–H groups in total. The van der Waals surface area contributed by atoms with E-state index >= 15 is 0 Å². The summed E-state index contributed by atoms with van der Waals surface area (Å²) in [5.41, 5.74) is 1.77. The van der Waals surface area contributed by atoms with E-state index in [1.165, 1.54) is 7.11 Å². The van der Waals surface area contributed by atoms with Crippen molar-refractivity contribution in [3.05, 3.63) is 29.3 Å². The number of unbranched alkanes of at least 4 members (excludes halogenated alkanes) is 2. The molecular weight excluding hydrogens is 322 g/mol. The Labute approximate surface area is 147 Å². The summed E-state index contributed by atoms with van der Waals surface area (Å²) in [6.07, 6.45) is 5.18. The number of nitrogens with one attached hydrogen (secondary N) is 1. The van der Waals surface area contributed by atoms with Gasteiger partial charge in [0, 0.05) is 24.9 Å². The zero-order valence-corrected chi connectivity index (χ0v) is 14.6. The van der Waals surface area contributed by atoms with Gasteiger partial charge < -0.3 is 14.8 Å². The number of fused-ring (bicyclic) bond motifs is 1. The molecule has 6 heteroatoms. The molecule has 1 aliphatic carbocycles. The molecule has 0 fully saturated rings. The Morgan fingerprint density at radius 2 is 2.00 bits per heavy atom. The van der Waals surface area contributed by atoms with Crippen LogP contribution in [0, 0.1) is 0 Å². The van der Waals surface area contributed by atoms with Crippen LogP contribution in [0.4, 0.5) is 0 Å². The van der Waals surface area contributed by atoms with Crippen molar-refractivity contribution < 1.29 is 23.9 Å². The molecule has 25 heavy (non-hydrogen) atoms. The van der Waals surface area contributed by atoms with Gasteiger partial charge in [0.25, 0.3) is 5.91 Å². The summed E-state index contributed by atoms with van der Waals surface area (Å²) >= 11 is 0. The highest BCUT2D eigenvalue weighted by molar-refractivity contribution is 5.98. The Bertz CT molecular complexity index is 626. The second-order valence-corrected chi connectivity index (χ2v) is 6.12. The minimum atomic E-state index is -0.204. The first-order valence-electron chi connectivity index (χ1n) is 8.72. The minimum Gasteiger partial charge on any atom is -0.484 e. The monoisotopic (exact) mass is 347 g/mol. The number of ether oxygens (including phenoxy) is 2. The maximum absolute atomic E-state index is 11.8. The molecule has 1 aliphatic rings. The van der Waals surface area contributed by atoms with Crippen molar-refractivity contribution >= 4 is 17.7 Å². The van der Waals surface area contributed by atoms with E-state index in [0.717, 1.165) is 43.2 Å². The Kier molecular flexibility index (Phi) is 7.44. The number of esters is 1. The molecule has 0 bridgehead atoms. The third-order valence-electron chi connectivity index (χ3n) is 4.20. The molecule has 0 heterocycles. The number of amides is 1. The number of methoxy groups -OCH3 is 1. The summed E-state index contributed by atoms with van der Waals surface area (Å²) < 4.78 is 10.1. The second kappa shape index (κ2) is 9.81. The number of Topliss-reactive ketones (excluding diaryl/α,β-unsaturated/α-hetero) is 1. The molecular formula is C19H25NO5. The lowest BCUT2D eigenvalue weighted by atomic mass is 9.91. The molecule has 0 radical (unpaired) electrons. The van der Waals surface area contributed by atoms with Crippen LogP contribution in [0.2, 0.25) is 0 Å². The Morgan fingerprint density at radius 3 is 2.80 bits per heavy atom. The fraction of sp³-hybridized carbons (Fsp3) is 0.526. The molecule has 1 amide bonds. The standard InChI is InChI=1S/C19H25NO5/c1-24-19(23)8-3-2-4-11-20-18(22)13-25-15-9-10-16-14(12-15)6-5-7-17(16)21/h9-10,12H,2-8,11,13H2,1H3,(H,20,22). The van der Waals surface area contributed by atoms with E-state index in [1.807, 2.05) is 6.07 Å². The molecule has 0 unspecified atom stereocenters. The lowest BCUT2D eigenvalue weighted by Gasteiger charge is -2.15. The quantitative estimate of drug-likeness (QED) is 0.548. The highest BCUT2D eigenvalue weighted by Crippen LogP contribution is 2.25. The summed E-state index contributed by atoms with van der Waals surface area (Å²) in [5.74, 6) is 0.408. The number of hydrogen-bond donors (Lipinski definition) is 1. The van der Waals surface area contributed by atoms with Gasteiger partial charge in [-0.15, -0.1) is 0 Å². The third kappa shape index (κ3) is 6.21. The van der Waals surface area contributed by atoms with Gasteiger partial charge in [-0.05, 0) is 49.4 Å². The fourth-order valence-electron chi connectivity index (χ4n) is 2.81. The summed E-state index contributed by atoms with van der Waals surface area (Å²) in [7, 11) is 1.38. The number of aryl methyl sites for hydroxylation is 1. The molecule has 0 saturated heterocycles. The molecule has 1 aromatic carbocycles. The van der Waals surface area contributed by atoms with Crippen LogP contribution in [-0.2, 0) is 20.7 Å². The van der Waals surface area contributed by atoms with Gasteiger partial charge in [0.15, 0.2) is 12.4 Å². The molecule has 6 nitrogen and oxygen atoms in total. The van der Waals surface area contributed by atoms with E-state index in [4.69, 9.17) is 4.74 Å². The average molecular weight is 347 g/mol. The van der Waals surface area contributed by atoms with Crippen LogP contribution < -0.4 is 10.1 Å². The van der Waals surface area contributed by atoms with Crippen molar-refractivity contribution in [1.82, 2.24) is 5.32 Å². The maximum Gasteiger partial charge on any atom is 0.305 e. The van der Waals surface area contributed by atoms with Gasteiger partial charge in [0.2, 0.25) is 0 Å². The molecule has 0 saturated carbocycles. The van der Waals surface area contributed by atoms with Crippen LogP contribution >= 0.6 is 0 Å². The number of hydrogen-bond acceptors (Lipinski definition) is 5. The maximum atomic E-state index is 11.8. The molecule has 0 aromatic heterocycles. The summed E-state index contributed by atoms with van der Waals surface area (Å²) in [6, 6.07) is 5.38. The fourth-order valence-corrected chi connectivity index (χ4v) is 2.81. The molecule has 0 atom stereocenters. The summed E-state index contributed by atoms with van der Waals surface area (Å²) in [4.78, 5) is 34.5. The highest BCUT2D eigenvalue weighted by Gasteiger charge is 2.17. The number of carbonyl (C=O) groups excluding carboxylic acids is 3. The van der Waals surface area contributed by atoms with Crippen molar-refractivity contribution in [3.8, 4) is 5.75 Å². The lowest BCUT2D eigenvalue weighted by Crippen LogP contribution is -2.29. The van der Waals surface area contributed by atoms with E-state index < -0.39 is 0 Å². The van der Waals surface area contributed by atoms with Gasteiger partial charge in [-0.2, -0.15) is 0 Å². The van der Waals surface area contributed by atoms with Crippen LogP contribution in [-0.4, -0.2) is 37.9 Å². The first-order chi connectivity index (χ1) is 12.1. The van der Waals surface area contributed by atoms with Crippen LogP contribution in [0.1, 0.15) is 54.4 Å². The molecule has 0 aliphatic heterocycles. The minimum absolute atomic E-state index is 0.0467. The van der Waals surface area contributed by atoms with Gasteiger partial charge in [0.1, 0.15) is 5.75 Å². The first kappa shape index (κ1) is 19.0. The molecule has 0 spiro atoms. The van der Waals surface area contributed by atoms with Crippen LogP contribution in [0.5, 0.6) is 5.75 Å². The largest absolute Gasteiger partial charge is 0.484 e. The van der Waals surface area contributed by atoms with Crippen molar-refractivity contribution in [2.24, 2.45) is 0 Å². The number of ketones is 1. The SMILES string of the molecule is COC(=O)CCCCCNC(=O)COc1ccc2c(c1)CCCC2=O. The highest BCUT2D eigenvalue weighted by atomic mass is 16.5. The normalized spacial score (nSPS) is 13.1. The Balaban J connectivity index is 1.63. The number of carbonyl (C=O) groups is 3. The summed E-state index contributed by atoms with van der Waals surface area (Å²) in [5, 5.41) is 2.79. The lowest BCUT2D eigenvalue weighted by molar-refractivity contribution is -0.140. The predicted molar refractivity (Wildman–Crippen MR) is 92.7 cm³/mol. The molecule has 136 valence electrons. The van der Waals surface area contributed by atoms with E-state index in [1.54, 1.807) is 12.1 Å². The number of benzene rings is 1. The van der Waals surface area contributed by atoms with E-state index in [9.17, 15) is 14.4 Å². The van der Waals surface area contributed by atoms with Gasteiger partial charge in [-0.1, -0.05) is 6.42 Å². The Hall–Kier alpha value is -2.37. The van der Waals surface area contributed by atoms with Crippen LogP contribution in [0.25, 0.3) is 0 Å². The molecule has 1 aromatic rings. The predicted octanol–water partition coefficient (Wildman–Crippen LogP) is 2.43. The zero-order valence-electron chi connectivity index (χ0n) is 14.6. The topological polar surface area (TPSA) is 81.7 Å². The van der Waals surface area contributed by atoms with Gasteiger partial charge in [0.05, 0.1) is 7.11 Å². The van der Waals surface area contributed by atoms with Gasteiger partial charge in [-0.25, -0.2) is 0 Å². The smallest absolute Gasteiger partial charge is 0.305 e. The van der Waals surface area contributed by atoms with E-state index in [0.29, 0.717) is 25.1 Å². The van der Waals surface area contributed by atoms with E-state index in [2.05, 4.69) is 10.1 Å². The van der Waals surface area contributed by atoms with Crippen molar-refractivity contribution in [3.63, 3.8) is 0 Å². The first-order valence-corrected chi connectivity index (χ1v) is 8.72. The van der Waals surface area contributed by atoms with Crippen molar-refractivity contribution in [2.75, 3.05) is 20.3 Å². The van der Waals surface area contributed by atoms with Gasteiger partial charge >= 0.3 is 5.97 Å².